The molecule has 0 aromatic carbocycles. The Bertz CT molecular complexity index is 1020. The maximum absolute atomic E-state index is 12.3. The molecule has 0 aromatic rings. The van der Waals surface area contributed by atoms with E-state index in [1.165, 1.54) is 276 Å². The monoisotopic (exact) mass is 943 g/mol. The van der Waals surface area contributed by atoms with E-state index in [-0.39, 0.29) is 25.2 Å². The fraction of sp³-hybridized carbons (Fsp3) is 0.903. The van der Waals surface area contributed by atoms with Gasteiger partial charge in [-0.15, -0.1) is 0 Å². The first-order valence-electron chi connectivity index (χ1n) is 30.4. The van der Waals surface area contributed by atoms with Gasteiger partial charge < -0.3 is 14.6 Å². The maximum atomic E-state index is 12.3. The Hall–Kier alpha value is -1.62. The molecule has 5 nitrogen and oxygen atoms in total. The number of unbranched alkanes of at least 4 members (excludes halogenated alkanes) is 45. The Labute approximate surface area is 419 Å². The molecule has 1 atom stereocenters. The zero-order valence-corrected chi connectivity index (χ0v) is 45.4. The van der Waals surface area contributed by atoms with Crippen molar-refractivity contribution < 1.29 is 24.2 Å². The molecule has 67 heavy (non-hydrogen) atoms. The van der Waals surface area contributed by atoms with Gasteiger partial charge in [0.05, 0.1) is 6.61 Å². The van der Waals surface area contributed by atoms with Gasteiger partial charge in [0.1, 0.15) is 6.61 Å². The average Bonchev–Trinajstić information content (AvgIpc) is 3.33. The summed E-state index contributed by atoms with van der Waals surface area (Å²) in [4.78, 5) is 24.5. The fourth-order valence-electron chi connectivity index (χ4n) is 9.41. The first kappa shape index (κ1) is 65.4. The highest BCUT2D eigenvalue weighted by Gasteiger charge is 2.16. The number of ether oxygens (including phenoxy) is 2. The summed E-state index contributed by atoms with van der Waals surface area (Å²) in [7, 11) is 0. The van der Waals surface area contributed by atoms with Crippen molar-refractivity contribution in [1.82, 2.24) is 0 Å². The molecule has 0 saturated carbocycles. The normalized spacial score (nSPS) is 12.2. The van der Waals surface area contributed by atoms with E-state index in [1.54, 1.807) is 0 Å². The van der Waals surface area contributed by atoms with Crippen molar-refractivity contribution in [3.05, 3.63) is 24.3 Å². The third-order valence-corrected chi connectivity index (χ3v) is 14.0. The van der Waals surface area contributed by atoms with Crippen LogP contribution in [-0.4, -0.2) is 36.4 Å². The van der Waals surface area contributed by atoms with Crippen LogP contribution in [0.25, 0.3) is 0 Å². The quantitative estimate of drug-likeness (QED) is 0.0374. The number of carbonyl (C=O) groups is 2. The van der Waals surface area contributed by atoms with Gasteiger partial charge >= 0.3 is 11.9 Å². The van der Waals surface area contributed by atoms with Gasteiger partial charge in [0.15, 0.2) is 6.10 Å². The molecule has 0 aliphatic carbocycles. The van der Waals surface area contributed by atoms with Crippen molar-refractivity contribution in [3.63, 3.8) is 0 Å². The van der Waals surface area contributed by atoms with Gasteiger partial charge in [0.25, 0.3) is 0 Å². The molecule has 1 unspecified atom stereocenters. The molecule has 0 spiro atoms. The molecule has 0 radical (unpaired) electrons. The van der Waals surface area contributed by atoms with Gasteiger partial charge in [-0.25, -0.2) is 0 Å². The highest BCUT2D eigenvalue weighted by Crippen LogP contribution is 2.18. The molecule has 0 heterocycles. The number of aliphatic hydroxyl groups excluding tert-OH is 1. The lowest BCUT2D eigenvalue weighted by Crippen LogP contribution is -2.28. The Kier molecular flexibility index (Phi) is 57.3. The van der Waals surface area contributed by atoms with Crippen molar-refractivity contribution in [3.8, 4) is 0 Å². The van der Waals surface area contributed by atoms with Crippen LogP contribution in [0.4, 0.5) is 0 Å². The predicted octanol–water partition coefficient (Wildman–Crippen LogP) is 20.5. The molecule has 0 fully saturated rings. The Morgan fingerprint density at radius 3 is 0.881 bits per heavy atom. The maximum Gasteiger partial charge on any atom is 0.306 e. The first-order valence-corrected chi connectivity index (χ1v) is 30.4. The summed E-state index contributed by atoms with van der Waals surface area (Å²) >= 11 is 0. The largest absolute Gasteiger partial charge is 0.462 e. The number of hydrogen-bond donors (Lipinski definition) is 1. The van der Waals surface area contributed by atoms with E-state index >= 15 is 0 Å². The summed E-state index contributed by atoms with van der Waals surface area (Å²) in [6.07, 6.45) is 74.7. The average molecular weight is 944 g/mol. The second-order valence-electron chi connectivity index (χ2n) is 20.8. The van der Waals surface area contributed by atoms with Gasteiger partial charge in [-0.3, -0.25) is 9.59 Å². The summed E-state index contributed by atoms with van der Waals surface area (Å²) < 4.78 is 10.7. The summed E-state index contributed by atoms with van der Waals surface area (Å²) in [5.41, 5.74) is 0. The van der Waals surface area contributed by atoms with E-state index < -0.39 is 6.10 Å². The SMILES string of the molecule is CCCCCCC/C=C\C/C=C\CCCCCCCCCCCCCCCCCCCCCCCCCCCC(=O)OC(CO)COC(=O)CCCCCCCCCCCCCCCCCC. The zero-order chi connectivity index (χ0) is 48.5. The Morgan fingerprint density at radius 2 is 0.597 bits per heavy atom. The number of rotatable bonds is 57. The van der Waals surface area contributed by atoms with Crippen molar-refractivity contribution >= 4 is 11.9 Å². The lowest BCUT2D eigenvalue weighted by Gasteiger charge is -2.15. The summed E-state index contributed by atoms with van der Waals surface area (Å²) in [6, 6.07) is 0. The molecule has 0 saturated heterocycles. The van der Waals surface area contributed by atoms with Gasteiger partial charge in [-0.2, -0.15) is 0 Å². The van der Waals surface area contributed by atoms with Crippen molar-refractivity contribution in [2.45, 2.75) is 347 Å². The van der Waals surface area contributed by atoms with Crippen LogP contribution in [0, 0.1) is 0 Å². The molecular weight excluding hydrogens is 825 g/mol. The smallest absolute Gasteiger partial charge is 0.306 e. The minimum atomic E-state index is -0.766. The molecule has 0 bridgehead atoms. The van der Waals surface area contributed by atoms with Crippen molar-refractivity contribution in [2.75, 3.05) is 13.2 Å². The van der Waals surface area contributed by atoms with Crippen LogP contribution in [0.15, 0.2) is 24.3 Å². The van der Waals surface area contributed by atoms with Gasteiger partial charge in [-0.05, 0) is 44.9 Å². The summed E-state index contributed by atoms with van der Waals surface area (Å²) in [5.74, 6) is -0.568. The lowest BCUT2D eigenvalue weighted by atomic mass is 10.0. The van der Waals surface area contributed by atoms with E-state index in [4.69, 9.17) is 9.47 Å². The van der Waals surface area contributed by atoms with Crippen LogP contribution >= 0.6 is 0 Å². The molecule has 1 N–H and O–H groups in total. The van der Waals surface area contributed by atoms with E-state index in [2.05, 4.69) is 38.2 Å². The summed E-state index contributed by atoms with van der Waals surface area (Å²) in [5, 5.41) is 9.65. The highest BCUT2D eigenvalue weighted by molar-refractivity contribution is 5.70. The van der Waals surface area contributed by atoms with E-state index in [9.17, 15) is 14.7 Å². The molecule has 0 rings (SSSR count). The van der Waals surface area contributed by atoms with E-state index in [1.807, 2.05) is 0 Å². The predicted molar refractivity (Wildman–Crippen MR) is 293 cm³/mol. The molecule has 0 amide bonds. The van der Waals surface area contributed by atoms with Crippen LogP contribution in [-0.2, 0) is 19.1 Å². The summed E-state index contributed by atoms with van der Waals surface area (Å²) in [6.45, 7) is 4.18. The van der Waals surface area contributed by atoms with E-state index in [0.29, 0.717) is 12.8 Å². The number of aliphatic hydroxyl groups is 1. The molecule has 396 valence electrons. The third kappa shape index (κ3) is 56.9. The Balaban J connectivity index is 3.36. The number of esters is 2. The number of carbonyl (C=O) groups excluding carboxylic acids is 2. The number of hydrogen-bond acceptors (Lipinski definition) is 5. The second-order valence-corrected chi connectivity index (χ2v) is 20.8. The van der Waals surface area contributed by atoms with Crippen molar-refractivity contribution in [2.24, 2.45) is 0 Å². The van der Waals surface area contributed by atoms with Crippen LogP contribution in [0.2, 0.25) is 0 Å². The van der Waals surface area contributed by atoms with Gasteiger partial charge in [0, 0.05) is 12.8 Å². The van der Waals surface area contributed by atoms with Crippen LogP contribution < -0.4 is 0 Å². The minimum Gasteiger partial charge on any atom is -0.462 e. The molecule has 0 aliphatic heterocycles. The number of allylic oxidation sites excluding steroid dienone is 4. The van der Waals surface area contributed by atoms with Crippen LogP contribution in [0.5, 0.6) is 0 Å². The fourth-order valence-corrected chi connectivity index (χ4v) is 9.41. The topological polar surface area (TPSA) is 72.8 Å². The highest BCUT2D eigenvalue weighted by atomic mass is 16.6. The lowest BCUT2D eigenvalue weighted by molar-refractivity contribution is -0.161. The standard InChI is InChI=1S/C62H118O5/c1-3-5-7-9-11-13-15-17-19-21-22-23-24-25-26-27-28-29-30-31-32-33-34-35-36-37-38-39-40-41-43-45-47-49-51-53-55-57-62(65)67-60(58-63)59-66-61(64)56-54-52-50-48-46-44-42-20-18-16-14-12-10-8-6-4-2/h15,17,21-22,60,63H,3-14,16,18-20,23-59H2,1-2H3/b17-15-,22-21-. The first-order chi connectivity index (χ1) is 33.1. The molecular formula is C62H118O5. The molecule has 0 aliphatic rings. The second kappa shape index (κ2) is 58.7. The van der Waals surface area contributed by atoms with Crippen molar-refractivity contribution in [1.29, 1.82) is 0 Å². The minimum absolute atomic E-state index is 0.0576. The molecule has 0 aromatic heterocycles. The third-order valence-electron chi connectivity index (χ3n) is 14.0. The molecule has 5 heteroatoms. The zero-order valence-electron chi connectivity index (χ0n) is 45.4. The van der Waals surface area contributed by atoms with E-state index in [0.717, 1.165) is 38.5 Å². The van der Waals surface area contributed by atoms with Gasteiger partial charge in [-0.1, -0.05) is 308 Å². The van der Waals surface area contributed by atoms with Crippen LogP contribution in [0.1, 0.15) is 341 Å². The van der Waals surface area contributed by atoms with Gasteiger partial charge in [0.2, 0.25) is 0 Å². The van der Waals surface area contributed by atoms with Crippen LogP contribution in [0.3, 0.4) is 0 Å². The Morgan fingerprint density at radius 1 is 0.343 bits per heavy atom.